The van der Waals surface area contributed by atoms with Gasteiger partial charge >= 0.3 is 0 Å². The molecule has 0 aromatic heterocycles. The van der Waals surface area contributed by atoms with Crippen LogP contribution in [0.5, 0.6) is 5.75 Å². The maximum absolute atomic E-state index is 16.6. The standard InChI is InChI=1S/C57H57Cl2FN6O7/c1-55(2,3)26-46-57(30-61-42-23-35(58)14-15-40(42)57)48(37-10-7-11-41(59)49(37)60)50(62-46)54(71)65-20-21-72-45-24-38-32(22-44(45)65)18-19-64(52(38)69)27-34-29-73-56(4,5)25-33(34)13-12-31-8-6-9-36-39(31)28-66(53(36)70)43-16-17-47(67)63-51(43)68/h6-11,14-15,22-24,43,46,48,50,61-62H,16-21,25-30H2,1-5H3,(H,63,67,68)/t43?,46-,48-,50+,57-/m0/s1. The van der Waals surface area contributed by atoms with Crippen LogP contribution in [-0.4, -0.2) is 102 Å². The molecule has 0 bridgehead atoms. The maximum Gasteiger partial charge on any atom is 0.255 e. The molecule has 1 spiro atoms. The zero-order valence-corrected chi connectivity index (χ0v) is 43.0. The van der Waals surface area contributed by atoms with E-state index < -0.39 is 40.7 Å². The second-order valence-corrected chi connectivity index (χ2v) is 23.1. The number of nitrogens with zero attached hydrogens (tertiary/aromatic N) is 3. The summed E-state index contributed by atoms with van der Waals surface area (Å²) in [6.07, 6.45) is 2.14. The minimum absolute atomic E-state index is 0.0156. The summed E-state index contributed by atoms with van der Waals surface area (Å²) in [5, 5.41) is 10.3. The molecule has 0 aliphatic carbocycles. The lowest BCUT2D eigenvalue weighted by atomic mass is 9.63. The molecule has 13 nitrogen and oxygen atoms in total. The number of rotatable bonds is 6. The lowest BCUT2D eigenvalue weighted by Gasteiger charge is -2.40. The summed E-state index contributed by atoms with van der Waals surface area (Å²) < 4.78 is 29.2. The van der Waals surface area contributed by atoms with Crippen LogP contribution in [0.1, 0.15) is 115 Å². The molecule has 0 radical (unpaired) electrons. The highest BCUT2D eigenvalue weighted by molar-refractivity contribution is 6.31. The molecule has 2 saturated heterocycles. The molecule has 5 amide bonds. The van der Waals surface area contributed by atoms with Gasteiger partial charge < -0.3 is 34.8 Å². The largest absolute Gasteiger partial charge is 0.490 e. The first kappa shape index (κ1) is 49.0. The Kier molecular flexibility index (Phi) is 12.3. The van der Waals surface area contributed by atoms with Crippen molar-refractivity contribution in [2.45, 2.75) is 108 Å². The molecule has 4 aromatic rings. The van der Waals surface area contributed by atoms with Gasteiger partial charge in [-0.25, -0.2) is 4.39 Å². The Morgan fingerprint density at radius 1 is 0.945 bits per heavy atom. The Balaban J connectivity index is 0.881. The molecule has 378 valence electrons. The molecular formula is C57H57Cl2FN6O7. The molecule has 0 saturated carbocycles. The van der Waals surface area contributed by atoms with Gasteiger partial charge in [-0.3, -0.25) is 29.3 Å². The number of hydrogen-bond donors (Lipinski definition) is 3. The molecular weight excluding hydrogens is 971 g/mol. The summed E-state index contributed by atoms with van der Waals surface area (Å²) in [5.74, 6) is 4.46. The van der Waals surface area contributed by atoms with E-state index in [-0.39, 0.29) is 85.8 Å². The van der Waals surface area contributed by atoms with Gasteiger partial charge in [-0.2, -0.15) is 0 Å². The quantitative estimate of drug-likeness (QED) is 0.129. The zero-order chi connectivity index (χ0) is 51.3. The van der Waals surface area contributed by atoms with Crippen molar-refractivity contribution < 1.29 is 37.8 Å². The SMILES string of the molecule is CC(C)(C)C[C@@H]1N[C@@H](C(=O)N2CCOc3cc4c(cc32)CCN(CC2=C(C#Cc3cccc5c3CN(C3CCC(=O)NC3=O)C5=O)CC(C)(C)OC2)C4=O)[C@H](c2cccc(Cl)c2F)[C@]12CNc1cc(Cl)ccc12. The molecule has 11 rings (SSSR count). The fourth-order valence-corrected chi connectivity index (χ4v) is 12.7. The molecule has 1 unspecified atom stereocenters. The predicted octanol–water partition coefficient (Wildman–Crippen LogP) is 8.09. The molecule has 7 aliphatic rings. The topological polar surface area (TPSA) is 150 Å². The van der Waals surface area contributed by atoms with Crippen molar-refractivity contribution in [1.82, 2.24) is 20.4 Å². The van der Waals surface area contributed by atoms with E-state index in [1.807, 2.05) is 44.2 Å². The van der Waals surface area contributed by atoms with Gasteiger partial charge in [0, 0.05) is 89.4 Å². The van der Waals surface area contributed by atoms with E-state index in [1.54, 1.807) is 40.1 Å². The van der Waals surface area contributed by atoms with Crippen molar-refractivity contribution in [3.8, 4) is 17.6 Å². The van der Waals surface area contributed by atoms with E-state index in [2.05, 4.69) is 48.6 Å². The van der Waals surface area contributed by atoms with Gasteiger partial charge in [0.05, 0.1) is 35.5 Å². The lowest BCUT2D eigenvalue weighted by molar-refractivity contribution is -0.137. The Morgan fingerprint density at radius 2 is 1.75 bits per heavy atom. The highest BCUT2D eigenvalue weighted by Gasteiger charge is 2.62. The number of anilines is 2. The van der Waals surface area contributed by atoms with E-state index in [0.717, 1.165) is 33.5 Å². The van der Waals surface area contributed by atoms with Gasteiger partial charge in [0.2, 0.25) is 17.7 Å². The van der Waals surface area contributed by atoms with Crippen LogP contribution in [0, 0.1) is 23.1 Å². The number of hydrogen-bond acceptors (Lipinski definition) is 9. The molecule has 7 heterocycles. The van der Waals surface area contributed by atoms with E-state index in [4.69, 9.17) is 32.7 Å². The second kappa shape index (κ2) is 18.3. The minimum atomic E-state index is -0.867. The van der Waals surface area contributed by atoms with Gasteiger partial charge in [0.1, 0.15) is 24.2 Å². The summed E-state index contributed by atoms with van der Waals surface area (Å²) in [7, 11) is 0. The average Bonchev–Trinajstić information content (AvgIpc) is 3.99. The number of carbonyl (C=O) groups is 5. The summed E-state index contributed by atoms with van der Waals surface area (Å²) in [4.78, 5) is 73.3. The van der Waals surface area contributed by atoms with Gasteiger partial charge in [-0.1, -0.05) is 80.1 Å². The van der Waals surface area contributed by atoms with Crippen LogP contribution >= 0.6 is 23.2 Å². The van der Waals surface area contributed by atoms with Crippen LogP contribution < -0.4 is 25.6 Å². The van der Waals surface area contributed by atoms with Crippen LogP contribution in [0.4, 0.5) is 15.8 Å². The molecule has 7 aliphatic heterocycles. The normalized spacial score (nSPS) is 25.1. The summed E-state index contributed by atoms with van der Waals surface area (Å²) in [5.41, 5.74) is 6.20. The minimum Gasteiger partial charge on any atom is -0.490 e. The van der Waals surface area contributed by atoms with E-state index in [9.17, 15) is 19.2 Å². The van der Waals surface area contributed by atoms with Crippen molar-refractivity contribution in [2.75, 3.05) is 49.6 Å². The number of imide groups is 1. The van der Waals surface area contributed by atoms with Crippen LogP contribution in [0.2, 0.25) is 10.0 Å². The van der Waals surface area contributed by atoms with Crippen molar-refractivity contribution >= 4 is 64.1 Å². The predicted molar refractivity (Wildman–Crippen MR) is 275 cm³/mol. The summed E-state index contributed by atoms with van der Waals surface area (Å²) >= 11 is 13.1. The number of benzene rings is 4. The fourth-order valence-electron chi connectivity index (χ4n) is 12.4. The number of halogens is 3. The van der Waals surface area contributed by atoms with E-state index in [0.29, 0.717) is 71.1 Å². The maximum atomic E-state index is 16.6. The van der Waals surface area contributed by atoms with Crippen molar-refractivity contribution in [3.63, 3.8) is 0 Å². The van der Waals surface area contributed by atoms with Crippen LogP contribution in [-0.2, 0) is 37.5 Å². The fraction of sp³-hybridized carbons (Fsp3) is 0.421. The van der Waals surface area contributed by atoms with Gasteiger partial charge in [0.25, 0.3) is 11.8 Å². The second-order valence-electron chi connectivity index (χ2n) is 22.2. The molecule has 16 heteroatoms. The van der Waals surface area contributed by atoms with Crippen molar-refractivity contribution in [2.24, 2.45) is 5.41 Å². The highest BCUT2D eigenvalue weighted by Crippen LogP contribution is 2.57. The van der Waals surface area contributed by atoms with Gasteiger partial charge in [0.15, 0.2) is 0 Å². The third-order valence-corrected chi connectivity index (χ3v) is 16.3. The molecule has 73 heavy (non-hydrogen) atoms. The highest BCUT2D eigenvalue weighted by atomic mass is 35.5. The van der Waals surface area contributed by atoms with Crippen molar-refractivity contribution in [3.05, 3.63) is 133 Å². The molecule has 3 N–H and O–H groups in total. The van der Waals surface area contributed by atoms with E-state index in [1.165, 1.54) is 11.0 Å². The molecule has 2 fully saturated rings. The first-order valence-electron chi connectivity index (χ1n) is 25.1. The Morgan fingerprint density at radius 3 is 2.55 bits per heavy atom. The number of fused-ring (bicyclic) bond motifs is 5. The summed E-state index contributed by atoms with van der Waals surface area (Å²) in [6, 6.07) is 17.9. The van der Waals surface area contributed by atoms with Crippen LogP contribution in [0.25, 0.3) is 0 Å². The number of amides is 5. The molecule has 5 atom stereocenters. The first-order valence-corrected chi connectivity index (χ1v) is 25.8. The zero-order valence-electron chi connectivity index (χ0n) is 41.5. The number of piperidine rings is 1. The van der Waals surface area contributed by atoms with Crippen LogP contribution in [0.15, 0.2) is 77.9 Å². The third-order valence-electron chi connectivity index (χ3n) is 15.8. The number of carbonyl (C=O) groups excluding carboxylic acids is 5. The average molecular weight is 1030 g/mol. The Bertz CT molecular complexity index is 3160. The van der Waals surface area contributed by atoms with Gasteiger partial charge in [-0.05, 0) is 109 Å². The van der Waals surface area contributed by atoms with Crippen LogP contribution in [0.3, 0.4) is 0 Å². The third kappa shape index (κ3) is 8.65. The lowest BCUT2D eigenvalue weighted by Crippen LogP contribution is -2.52. The monoisotopic (exact) mass is 1030 g/mol. The van der Waals surface area contributed by atoms with Crippen molar-refractivity contribution in [1.29, 1.82) is 0 Å². The Hall–Kier alpha value is -6.24. The smallest absolute Gasteiger partial charge is 0.255 e. The molecule has 4 aromatic carbocycles. The van der Waals surface area contributed by atoms with E-state index >= 15 is 9.18 Å². The summed E-state index contributed by atoms with van der Waals surface area (Å²) in [6.45, 7) is 12.6. The Labute approximate surface area is 434 Å². The first-order chi connectivity index (χ1) is 34.8. The number of ether oxygens (including phenoxy) is 2. The number of nitrogens with one attached hydrogen (secondary N) is 3. The van der Waals surface area contributed by atoms with Gasteiger partial charge in [-0.15, -0.1) is 0 Å².